The van der Waals surface area contributed by atoms with Crippen LogP contribution in [0.1, 0.15) is 26.2 Å². The molecule has 2 N–H and O–H groups in total. The maximum atomic E-state index is 10.00. The molecule has 0 heterocycles. The third-order valence-corrected chi connectivity index (χ3v) is 1.18. The number of hydrogen-bond acceptors (Lipinski definition) is 3. The van der Waals surface area contributed by atoms with E-state index in [1.165, 1.54) is 0 Å². The smallest absolute Gasteiger partial charge is 0.303 e. The Labute approximate surface area is 59.2 Å². The summed E-state index contributed by atoms with van der Waals surface area (Å²) in [5, 5.41) is 19.4. The van der Waals surface area contributed by atoms with E-state index in [4.69, 9.17) is 10.3 Å². The molecule has 4 nitrogen and oxygen atoms in total. The molecule has 4 heteroatoms. The van der Waals surface area contributed by atoms with E-state index in [9.17, 15) is 4.79 Å². The van der Waals surface area contributed by atoms with Gasteiger partial charge in [-0.2, -0.15) is 0 Å². The highest BCUT2D eigenvalue weighted by Gasteiger charge is 2.00. The molecule has 0 aromatic rings. The van der Waals surface area contributed by atoms with Gasteiger partial charge in [0.05, 0.1) is 12.1 Å². The highest BCUT2D eigenvalue weighted by atomic mass is 16.4. The molecule has 0 aromatic heterocycles. The first-order valence-electron chi connectivity index (χ1n) is 3.12. The molecule has 0 rings (SSSR count). The normalized spacial score (nSPS) is 11.5. The lowest BCUT2D eigenvalue weighted by Crippen LogP contribution is -2.01. The Bertz CT molecular complexity index is 142. The largest absolute Gasteiger partial charge is 0.481 e. The minimum Gasteiger partial charge on any atom is -0.481 e. The number of rotatable bonds is 4. The maximum Gasteiger partial charge on any atom is 0.303 e. The van der Waals surface area contributed by atoms with Crippen LogP contribution in [0.3, 0.4) is 0 Å². The molecule has 58 valence electrons. The van der Waals surface area contributed by atoms with Crippen LogP contribution in [0.4, 0.5) is 0 Å². The Balaban J connectivity index is 3.56. The van der Waals surface area contributed by atoms with Gasteiger partial charge in [0.25, 0.3) is 0 Å². The maximum absolute atomic E-state index is 10.00. The van der Waals surface area contributed by atoms with Crippen LogP contribution >= 0.6 is 0 Å². The summed E-state index contributed by atoms with van der Waals surface area (Å²) in [4.78, 5) is 10.00. The summed E-state index contributed by atoms with van der Waals surface area (Å²) in [7, 11) is 0. The predicted molar refractivity (Wildman–Crippen MR) is 36.4 cm³/mol. The van der Waals surface area contributed by atoms with E-state index in [0.29, 0.717) is 18.6 Å². The summed E-state index contributed by atoms with van der Waals surface area (Å²) in [5.41, 5.74) is 0.530. The van der Waals surface area contributed by atoms with Crippen molar-refractivity contribution in [3.8, 4) is 0 Å². The fourth-order valence-electron chi connectivity index (χ4n) is 0.549. The molecule has 0 radical (unpaired) electrons. The number of carboxylic acid groups (broad SMARTS) is 1. The molecule has 0 aliphatic rings. The van der Waals surface area contributed by atoms with Crippen molar-refractivity contribution in [1.29, 1.82) is 0 Å². The van der Waals surface area contributed by atoms with Crippen molar-refractivity contribution in [3.05, 3.63) is 0 Å². The number of aliphatic carboxylic acids is 1. The van der Waals surface area contributed by atoms with E-state index in [-0.39, 0.29) is 6.42 Å². The highest BCUT2D eigenvalue weighted by Crippen LogP contribution is 1.96. The van der Waals surface area contributed by atoms with Crippen molar-refractivity contribution in [3.63, 3.8) is 0 Å². The Morgan fingerprint density at radius 2 is 2.10 bits per heavy atom. The third kappa shape index (κ3) is 3.88. The van der Waals surface area contributed by atoms with Crippen molar-refractivity contribution < 1.29 is 15.1 Å². The summed E-state index contributed by atoms with van der Waals surface area (Å²) >= 11 is 0. The highest BCUT2D eigenvalue weighted by molar-refractivity contribution is 5.86. The monoisotopic (exact) mass is 145 g/mol. The summed E-state index contributed by atoms with van der Waals surface area (Å²) in [5.74, 6) is -0.866. The van der Waals surface area contributed by atoms with Gasteiger partial charge in [-0.1, -0.05) is 12.1 Å². The molecule has 10 heavy (non-hydrogen) atoms. The Morgan fingerprint density at radius 1 is 1.50 bits per heavy atom. The Morgan fingerprint density at radius 3 is 2.40 bits per heavy atom. The van der Waals surface area contributed by atoms with Gasteiger partial charge in [-0.05, 0) is 12.8 Å². The van der Waals surface area contributed by atoms with Crippen LogP contribution < -0.4 is 0 Å². The summed E-state index contributed by atoms with van der Waals surface area (Å²) in [6, 6.07) is 0. The van der Waals surface area contributed by atoms with Crippen LogP contribution in [0.5, 0.6) is 0 Å². The van der Waals surface area contributed by atoms with Crippen LogP contribution in [0.25, 0.3) is 0 Å². The molecule has 0 saturated heterocycles. The average Bonchev–Trinajstić information content (AvgIpc) is 1.90. The Kier molecular flexibility index (Phi) is 4.28. The summed E-state index contributed by atoms with van der Waals surface area (Å²) in [6.45, 7) is 1.82. The first-order chi connectivity index (χ1) is 4.70. The second-order valence-electron chi connectivity index (χ2n) is 1.91. The molecule has 0 bridgehead atoms. The quantitative estimate of drug-likeness (QED) is 0.353. The first-order valence-corrected chi connectivity index (χ1v) is 3.12. The second-order valence-corrected chi connectivity index (χ2v) is 1.91. The number of hydrogen-bond donors (Lipinski definition) is 2. The van der Waals surface area contributed by atoms with E-state index in [0.717, 1.165) is 0 Å². The number of nitrogens with zero attached hydrogens (tertiary/aromatic N) is 1. The van der Waals surface area contributed by atoms with Crippen molar-refractivity contribution >= 4 is 11.7 Å². The predicted octanol–water partition coefficient (Wildman–Crippen LogP) is 1.09. The zero-order valence-electron chi connectivity index (χ0n) is 5.87. The van der Waals surface area contributed by atoms with Crippen LogP contribution in [0.2, 0.25) is 0 Å². The zero-order valence-corrected chi connectivity index (χ0v) is 5.87. The molecule has 0 amide bonds. The fourth-order valence-corrected chi connectivity index (χ4v) is 0.549. The molecular formula is C6H11NO3. The molecule has 0 aliphatic carbocycles. The van der Waals surface area contributed by atoms with Gasteiger partial charge in [-0.25, -0.2) is 0 Å². The number of carboxylic acids is 1. The molecule has 0 saturated carbocycles. The van der Waals surface area contributed by atoms with Gasteiger partial charge in [0.1, 0.15) is 0 Å². The molecule has 0 fully saturated rings. The van der Waals surface area contributed by atoms with E-state index in [1.807, 2.05) is 6.92 Å². The van der Waals surface area contributed by atoms with Crippen molar-refractivity contribution in [2.24, 2.45) is 5.16 Å². The molecular weight excluding hydrogens is 134 g/mol. The standard InChI is InChI=1S/C6H11NO3/c1-2-5(7-10)3-4-6(8)9/h10H,2-4H2,1H3,(H,8,9)/b7-5+. The van der Waals surface area contributed by atoms with E-state index in [1.54, 1.807) is 0 Å². The molecule has 0 spiro atoms. The lowest BCUT2D eigenvalue weighted by atomic mass is 10.2. The summed E-state index contributed by atoms with van der Waals surface area (Å²) in [6.07, 6.45) is 0.972. The molecule has 0 atom stereocenters. The number of oxime groups is 1. The van der Waals surface area contributed by atoms with E-state index < -0.39 is 5.97 Å². The zero-order chi connectivity index (χ0) is 7.98. The summed E-state index contributed by atoms with van der Waals surface area (Å²) < 4.78 is 0. The molecule has 0 unspecified atom stereocenters. The topological polar surface area (TPSA) is 69.9 Å². The number of carbonyl (C=O) groups is 1. The second kappa shape index (κ2) is 4.78. The SMILES string of the molecule is CC/C(CCC(=O)O)=N\O. The lowest BCUT2D eigenvalue weighted by molar-refractivity contribution is -0.136. The van der Waals surface area contributed by atoms with Crippen molar-refractivity contribution in [2.75, 3.05) is 0 Å². The van der Waals surface area contributed by atoms with Gasteiger partial charge in [0.15, 0.2) is 0 Å². The van der Waals surface area contributed by atoms with Gasteiger partial charge in [-0.15, -0.1) is 0 Å². The molecule has 0 aromatic carbocycles. The van der Waals surface area contributed by atoms with Crippen LogP contribution in [-0.4, -0.2) is 22.0 Å². The van der Waals surface area contributed by atoms with E-state index >= 15 is 0 Å². The van der Waals surface area contributed by atoms with Crippen LogP contribution in [0.15, 0.2) is 5.16 Å². The first kappa shape index (κ1) is 8.94. The molecule has 0 aliphatic heterocycles. The fraction of sp³-hybridized carbons (Fsp3) is 0.667. The van der Waals surface area contributed by atoms with Crippen molar-refractivity contribution in [2.45, 2.75) is 26.2 Å². The van der Waals surface area contributed by atoms with Crippen LogP contribution in [0, 0.1) is 0 Å². The lowest BCUT2D eigenvalue weighted by Gasteiger charge is -1.95. The average molecular weight is 145 g/mol. The van der Waals surface area contributed by atoms with Crippen molar-refractivity contribution in [1.82, 2.24) is 0 Å². The van der Waals surface area contributed by atoms with E-state index in [2.05, 4.69) is 5.16 Å². The third-order valence-electron chi connectivity index (χ3n) is 1.18. The van der Waals surface area contributed by atoms with Gasteiger partial charge in [0, 0.05) is 0 Å². The minimum absolute atomic E-state index is 0.0350. The van der Waals surface area contributed by atoms with Gasteiger partial charge in [0.2, 0.25) is 0 Å². The van der Waals surface area contributed by atoms with Crippen LogP contribution in [-0.2, 0) is 4.79 Å². The van der Waals surface area contributed by atoms with Gasteiger partial charge >= 0.3 is 5.97 Å². The minimum atomic E-state index is -0.866. The van der Waals surface area contributed by atoms with Gasteiger partial charge in [-0.3, -0.25) is 4.79 Å². The Hall–Kier alpha value is -1.06. The van der Waals surface area contributed by atoms with Gasteiger partial charge < -0.3 is 10.3 Å².